The molecule has 27 heavy (non-hydrogen) atoms. The molecule has 1 aromatic heterocycles. The second-order valence-electron chi connectivity index (χ2n) is 5.42. The Morgan fingerprint density at radius 3 is 1.59 bits per heavy atom. The lowest BCUT2D eigenvalue weighted by Crippen LogP contribution is -2.36. The summed E-state index contributed by atoms with van der Waals surface area (Å²) >= 11 is 13.1. The van der Waals surface area contributed by atoms with Gasteiger partial charge in [-0.3, -0.25) is 0 Å². The van der Waals surface area contributed by atoms with Crippen LogP contribution in [0.3, 0.4) is 0 Å². The summed E-state index contributed by atoms with van der Waals surface area (Å²) in [6, 6.07) is 16.2. The lowest BCUT2D eigenvalue weighted by molar-refractivity contribution is 0.495. The third-order valence-electron chi connectivity index (χ3n) is 3.65. The summed E-state index contributed by atoms with van der Waals surface area (Å²) < 4.78 is 53.6. The summed E-state index contributed by atoms with van der Waals surface area (Å²) in [5.74, 6) is 0. The number of thiophene rings is 1. The van der Waals surface area contributed by atoms with E-state index in [2.05, 4.69) is 0 Å². The Hall–Kier alpha value is -1.42. The van der Waals surface area contributed by atoms with Crippen molar-refractivity contribution < 1.29 is 16.8 Å². The highest BCUT2D eigenvalue weighted by molar-refractivity contribution is 8.04. The van der Waals surface area contributed by atoms with Gasteiger partial charge < -0.3 is 0 Å². The molecule has 0 aliphatic heterocycles. The molecule has 0 saturated heterocycles. The highest BCUT2D eigenvalue weighted by Gasteiger charge is 2.37. The maximum atomic E-state index is 13.1. The number of hydrogen-bond acceptors (Lipinski definition) is 5. The van der Waals surface area contributed by atoms with Crippen LogP contribution < -0.4 is 0 Å². The van der Waals surface area contributed by atoms with Gasteiger partial charge in [0, 0.05) is 0 Å². The molecule has 0 aliphatic rings. The van der Waals surface area contributed by atoms with Crippen LogP contribution >= 0.6 is 34.5 Å². The molecule has 10 heteroatoms. The van der Waals surface area contributed by atoms with Crippen molar-refractivity contribution in [1.82, 2.24) is 3.71 Å². The topological polar surface area (TPSA) is 71.5 Å². The van der Waals surface area contributed by atoms with Crippen molar-refractivity contribution in [2.75, 3.05) is 0 Å². The van der Waals surface area contributed by atoms with E-state index >= 15 is 0 Å². The highest BCUT2D eigenvalue weighted by atomic mass is 35.5. The fourth-order valence-corrected chi connectivity index (χ4v) is 7.45. The number of benzene rings is 2. The predicted molar refractivity (Wildman–Crippen MR) is 107 cm³/mol. The Bertz CT molecular complexity index is 1080. The monoisotopic (exact) mass is 461 g/mol. The van der Waals surface area contributed by atoms with Gasteiger partial charge in [0.1, 0.15) is 0 Å². The molecule has 1 heterocycles. The average Bonchev–Trinajstić information content (AvgIpc) is 2.98. The number of rotatable bonds is 6. The van der Waals surface area contributed by atoms with E-state index in [-0.39, 0.29) is 14.1 Å². The first-order chi connectivity index (χ1) is 12.7. The molecule has 5 nitrogen and oxygen atoms in total. The van der Waals surface area contributed by atoms with E-state index in [0.717, 1.165) is 11.3 Å². The van der Waals surface area contributed by atoms with Gasteiger partial charge >= 0.3 is 0 Å². The minimum absolute atomic E-state index is 0.137. The molecule has 0 saturated carbocycles. The molecular formula is C17H13Cl2NO4S3. The smallest absolute Gasteiger partial charge is 0.206 e. The van der Waals surface area contributed by atoms with E-state index in [0.29, 0.717) is 13.6 Å². The molecule has 0 spiro atoms. The molecule has 0 amide bonds. The van der Waals surface area contributed by atoms with E-state index in [1.165, 1.54) is 54.6 Å². The van der Waals surface area contributed by atoms with Crippen LogP contribution in [0.4, 0.5) is 0 Å². The van der Waals surface area contributed by atoms with Gasteiger partial charge in [-0.25, -0.2) is 16.8 Å². The summed E-state index contributed by atoms with van der Waals surface area (Å²) in [7, 11) is -8.73. The zero-order valence-corrected chi connectivity index (χ0v) is 17.6. The molecular weight excluding hydrogens is 449 g/mol. The highest BCUT2D eigenvalue weighted by Crippen LogP contribution is 2.34. The molecule has 0 N–H and O–H groups in total. The molecule has 0 aliphatic carbocycles. The lowest BCUT2D eigenvalue weighted by Gasteiger charge is -2.22. The minimum atomic E-state index is -4.36. The fraction of sp³-hybridized carbons (Fsp3) is 0.0588. The summed E-state index contributed by atoms with van der Waals surface area (Å²) in [5, 5.41) is 0. The Kier molecular flexibility index (Phi) is 5.95. The van der Waals surface area contributed by atoms with Gasteiger partial charge in [0.25, 0.3) is 20.0 Å². The van der Waals surface area contributed by atoms with Crippen LogP contribution in [0.5, 0.6) is 0 Å². The van der Waals surface area contributed by atoms with Crippen LogP contribution in [0.1, 0.15) is 5.56 Å². The zero-order valence-electron chi connectivity index (χ0n) is 13.6. The Morgan fingerprint density at radius 2 is 1.22 bits per heavy atom. The maximum absolute atomic E-state index is 13.1. The summed E-state index contributed by atoms with van der Waals surface area (Å²) in [4.78, 5) is -0.274. The summed E-state index contributed by atoms with van der Waals surface area (Å²) in [5.41, 5.74) is 0.311. The van der Waals surface area contributed by atoms with Crippen LogP contribution in [0.2, 0.25) is 8.67 Å². The molecule has 0 unspecified atom stereocenters. The first kappa shape index (κ1) is 20.3. The van der Waals surface area contributed by atoms with Crippen LogP contribution in [0, 0.1) is 0 Å². The van der Waals surface area contributed by atoms with Crippen molar-refractivity contribution in [3.8, 4) is 0 Å². The molecule has 0 radical (unpaired) electrons. The lowest BCUT2D eigenvalue weighted by atomic mass is 10.3. The van der Waals surface area contributed by atoms with Crippen molar-refractivity contribution in [2.24, 2.45) is 0 Å². The molecule has 0 atom stereocenters. The Labute approximate surface area is 171 Å². The normalized spacial score (nSPS) is 12.4. The molecule has 142 valence electrons. The third-order valence-corrected chi connectivity index (χ3v) is 9.46. The fourth-order valence-electron chi connectivity index (χ4n) is 2.34. The van der Waals surface area contributed by atoms with Crippen molar-refractivity contribution >= 4 is 54.6 Å². The van der Waals surface area contributed by atoms with Crippen LogP contribution in [-0.4, -0.2) is 20.5 Å². The predicted octanol–water partition coefficient (Wildman–Crippen LogP) is 4.63. The number of sulfonamides is 2. The Morgan fingerprint density at radius 1 is 0.778 bits per heavy atom. The molecule has 0 fully saturated rings. The molecule has 0 bridgehead atoms. The van der Waals surface area contributed by atoms with Crippen LogP contribution in [-0.2, 0) is 26.6 Å². The van der Waals surface area contributed by atoms with Gasteiger partial charge in [0.15, 0.2) is 0 Å². The second kappa shape index (κ2) is 7.90. The maximum Gasteiger partial charge on any atom is 0.256 e. The van der Waals surface area contributed by atoms with E-state index in [9.17, 15) is 16.8 Å². The standard InChI is InChI=1S/C17H13Cl2NO4S3/c18-16-11-13(17(19)25-16)12-20(26(21,22)14-7-3-1-4-8-14)27(23,24)15-9-5-2-6-10-15/h1-11H,12H2. The molecule has 2 aromatic carbocycles. The number of hydrogen-bond donors (Lipinski definition) is 0. The van der Waals surface area contributed by atoms with E-state index in [1.54, 1.807) is 12.1 Å². The first-order valence-corrected chi connectivity index (χ1v) is 12.0. The Balaban J connectivity index is 2.17. The van der Waals surface area contributed by atoms with E-state index in [1.807, 2.05) is 0 Å². The van der Waals surface area contributed by atoms with Crippen molar-refractivity contribution in [3.05, 3.63) is 81.0 Å². The summed E-state index contributed by atoms with van der Waals surface area (Å²) in [6.45, 7) is -0.462. The average molecular weight is 462 g/mol. The summed E-state index contributed by atoms with van der Waals surface area (Å²) in [6.07, 6.45) is 0. The quantitative estimate of drug-likeness (QED) is 0.535. The van der Waals surface area contributed by atoms with Gasteiger partial charge in [-0.1, -0.05) is 63.3 Å². The largest absolute Gasteiger partial charge is 0.256 e. The van der Waals surface area contributed by atoms with E-state index < -0.39 is 26.6 Å². The number of nitrogens with zero attached hydrogens (tertiary/aromatic N) is 1. The number of halogens is 2. The van der Waals surface area contributed by atoms with Gasteiger partial charge in [-0.05, 0) is 35.9 Å². The van der Waals surface area contributed by atoms with Gasteiger partial charge in [-0.15, -0.1) is 11.3 Å². The zero-order chi connectivity index (χ0) is 19.7. The van der Waals surface area contributed by atoms with Crippen molar-refractivity contribution in [2.45, 2.75) is 16.3 Å². The van der Waals surface area contributed by atoms with Crippen LogP contribution in [0.25, 0.3) is 0 Å². The minimum Gasteiger partial charge on any atom is -0.206 e. The van der Waals surface area contributed by atoms with Gasteiger partial charge in [0.05, 0.1) is 25.0 Å². The van der Waals surface area contributed by atoms with Crippen molar-refractivity contribution in [1.29, 1.82) is 0 Å². The van der Waals surface area contributed by atoms with Gasteiger partial charge in [-0.2, -0.15) is 0 Å². The van der Waals surface area contributed by atoms with Gasteiger partial charge in [0.2, 0.25) is 0 Å². The second-order valence-corrected chi connectivity index (χ2v) is 11.7. The molecule has 3 rings (SSSR count). The first-order valence-electron chi connectivity index (χ1n) is 7.54. The molecule has 3 aromatic rings. The van der Waals surface area contributed by atoms with Crippen LogP contribution in [0.15, 0.2) is 76.5 Å². The van der Waals surface area contributed by atoms with E-state index in [4.69, 9.17) is 23.2 Å². The third kappa shape index (κ3) is 4.21. The SMILES string of the molecule is O=S(=O)(c1ccccc1)N(Cc1cc(Cl)sc1Cl)S(=O)(=O)c1ccccc1. The van der Waals surface area contributed by atoms with Crippen molar-refractivity contribution in [3.63, 3.8) is 0 Å².